The zero-order valence-electron chi connectivity index (χ0n) is 14.3. The highest BCUT2D eigenvalue weighted by Crippen LogP contribution is 2.18. The first kappa shape index (κ1) is 16.2. The van der Waals surface area contributed by atoms with Crippen molar-refractivity contribution in [1.29, 1.82) is 0 Å². The van der Waals surface area contributed by atoms with Crippen LogP contribution in [0.3, 0.4) is 0 Å². The fourth-order valence-corrected chi connectivity index (χ4v) is 2.74. The lowest BCUT2D eigenvalue weighted by atomic mass is 10.1. The van der Waals surface area contributed by atoms with Gasteiger partial charge in [0.05, 0.1) is 11.7 Å². The molecule has 1 N–H and O–H groups in total. The van der Waals surface area contributed by atoms with E-state index in [-0.39, 0.29) is 12.5 Å². The Bertz CT molecular complexity index is 867. The van der Waals surface area contributed by atoms with Crippen molar-refractivity contribution in [3.8, 4) is 0 Å². The first-order valence-corrected chi connectivity index (χ1v) is 7.97. The summed E-state index contributed by atoms with van der Waals surface area (Å²) in [5.74, 6) is -0.0750. The van der Waals surface area contributed by atoms with Crippen LogP contribution in [0.4, 0.5) is 5.69 Å². The summed E-state index contributed by atoms with van der Waals surface area (Å²) < 4.78 is 1.73. The molecule has 0 aliphatic carbocycles. The molecule has 0 aliphatic heterocycles. The second-order valence-electron chi connectivity index (χ2n) is 6.30. The fourth-order valence-electron chi connectivity index (χ4n) is 2.74. The number of nitrogens with one attached hydrogen (secondary N) is 1. The van der Waals surface area contributed by atoms with Crippen LogP contribution in [0.15, 0.2) is 48.7 Å². The van der Waals surface area contributed by atoms with Crippen molar-refractivity contribution in [2.45, 2.75) is 20.0 Å². The maximum absolute atomic E-state index is 12.4. The van der Waals surface area contributed by atoms with Crippen LogP contribution in [-0.2, 0) is 17.9 Å². The minimum atomic E-state index is -0.0750. The maximum Gasteiger partial charge on any atom is 0.246 e. The molecule has 0 bridgehead atoms. The van der Waals surface area contributed by atoms with Crippen LogP contribution < -0.4 is 5.32 Å². The largest absolute Gasteiger partial charge is 0.324 e. The number of rotatable bonds is 5. The lowest BCUT2D eigenvalue weighted by Gasteiger charge is -2.14. The third kappa shape index (κ3) is 3.63. The third-order valence-corrected chi connectivity index (χ3v) is 3.92. The van der Waals surface area contributed by atoms with Crippen molar-refractivity contribution >= 4 is 22.5 Å². The first-order valence-electron chi connectivity index (χ1n) is 7.97. The van der Waals surface area contributed by atoms with E-state index in [9.17, 15) is 4.79 Å². The van der Waals surface area contributed by atoms with E-state index in [4.69, 9.17) is 0 Å². The Kier molecular flexibility index (Phi) is 4.62. The van der Waals surface area contributed by atoms with Crippen molar-refractivity contribution in [2.75, 3.05) is 19.4 Å². The third-order valence-electron chi connectivity index (χ3n) is 3.92. The van der Waals surface area contributed by atoms with Gasteiger partial charge in [-0.05, 0) is 44.3 Å². The molecule has 1 aromatic heterocycles. The maximum atomic E-state index is 12.4. The molecule has 0 saturated heterocycles. The molecule has 0 radical (unpaired) electrons. The summed E-state index contributed by atoms with van der Waals surface area (Å²) in [6.45, 7) is 3.04. The van der Waals surface area contributed by atoms with Crippen LogP contribution in [0.1, 0.15) is 11.1 Å². The second kappa shape index (κ2) is 6.84. The Morgan fingerprint density at radius 3 is 2.79 bits per heavy atom. The number of hydrogen-bond donors (Lipinski definition) is 1. The van der Waals surface area contributed by atoms with E-state index in [1.807, 2.05) is 57.4 Å². The average Bonchev–Trinajstić information content (AvgIpc) is 2.93. The summed E-state index contributed by atoms with van der Waals surface area (Å²) >= 11 is 0. The Morgan fingerprint density at radius 2 is 2.00 bits per heavy atom. The number of anilines is 1. The van der Waals surface area contributed by atoms with Crippen molar-refractivity contribution in [1.82, 2.24) is 14.7 Å². The van der Waals surface area contributed by atoms with E-state index < -0.39 is 0 Å². The van der Waals surface area contributed by atoms with Crippen LogP contribution in [0, 0.1) is 6.92 Å². The van der Waals surface area contributed by atoms with Gasteiger partial charge < -0.3 is 10.2 Å². The van der Waals surface area contributed by atoms with Gasteiger partial charge >= 0.3 is 0 Å². The number of aromatic nitrogens is 2. The molecule has 0 fully saturated rings. The molecule has 5 heteroatoms. The van der Waals surface area contributed by atoms with Gasteiger partial charge in [-0.2, -0.15) is 5.10 Å². The number of para-hydroxylation sites is 1. The van der Waals surface area contributed by atoms with Gasteiger partial charge in [0, 0.05) is 17.6 Å². The lowest BCUT2D eigenvalue weighted by Crippen LogP contribution is -2.20. The predicted molar refractivity (Wildman–Crippen MR) is 96.9 cm³/mol. The summed E-state index contributed by atoms with van der Waals surface area (Å²) in [6.07, 6.45) is 1.78. The van der Waals surface area contributed by atoms with Gasteiger partial charge in [0.1, 0.15) is 6.54 Å². The average molecular weight is 322 g/mol. The van der Waals surface area contributed by atoms with Gasteiger partial charge in [-0.15, -0.1) is 0 Å². The minimum Gasteiger partial charge on any atom is -0.324 e. The molecule has 3 rings (SSSR count). The molecule has 0 aliphatic rings. The summed E-state index contributed by atoms with van der Waals surface area (Å²) in [5.41, 5.74) is 4.04. The monoisotopic (exact) mass is 322 g/mol. The fraction of sp³-hybridized carbons (Fsp3) is 0.263. The van der Waals surface area contributed by atoms with Crippen molar-refractivity contribution in [2.24, 2.45) is 0 Å². The number of hydrogen-bond acceptors (Lipinski definition) is 3. The van der Waals surface area contributed by atoms with E-state index >= 15 is 0 Å². The van der Waals surface area contributed by atoms with E-state index in [0.29, 0.717) is 0 Å². The highest BCUT2D eigenvalue weighted by atomic mass is 16.2. The normalized spacial score (nSPS) is 11.2. The molecule has 2 aromatic carbocycles. The quantitative estimate of drug-likeness (QED) is 0.785. The molecule has 24 heavy (non-hydrogen) atoms. The van der Waals surface area contributed by atoms with Crippen LogP contribution in [0.5, 0.6) is 0 Å². The molecule has 1 amide bonds. The van der Waals surface area contributed by atoms with Gasteiger partial charge in [0.25, 0.3) is 0 Å². The van der Waals surface area contributed by atoms with Gasteiger partial charge in [-0.25, -0.2) is 0 Å². The smallest absolute Gasteiger partial charge is 0.246 e. The number of aryl methyl sites for hydroxylation is 1. The van der Waals surface area contributed by atoms with E-state index in [2.05, 4.69) is 21.4 Å². The number of amides is 1. The predicted octanol–water partition coefficient (Wildman–Crippen LogP) is 3.05. The first-order chi connectivity index (χ1) is 11.5. The van der Waals surface area contributed by atoms with E-state index in [1.54, 1.807) is 10.9 Å². The number of carbonyl (C=O) groups excluding carboxylic acids is 1. The molecule has 0 unspecified atom stereocenters. The zero-order valence-corrected chi connectivity index (χ0v) is 14.3. The van der Waals surface area contributed by atoms with E-state index in [1.165, 1.54) is 5.56 Å². The van der Waals surface area contributed by atoms with Gasteiger partial charge in [0.15, 0.2) is 0 Å². The summed E-state index contributed by atoms with van der Waals surface area (Å²) in [6, 6.07) is 14.0. The molecule has 5 nitrogen and oxygen atoms in total. The molecule has 0 spiro atoms. The number of carbonyl (C=O) groups is 1. The molecule has 124 valence electrons. The Morgan fingerprint density at radius 1 is 1.21 bits per heavy atom. The Balaban J connectivity index is 1.75. The van der Waals surface area contributed by atoms with Gasteiger partial charge in [-0.3, -0.25) is 9.48 Å². The van der Waals surface area contributed by atoms with Crippen molar-refractivity contribution in [3.05, 3.63) is 59.8 Å². The van der Waals surface area contributed by atoms with Crippen LogP contribution >= 0.6 is 0 Å². The molecule has 3 aromatic rings. The summed E-state index contributed by atoms with van der Waals surface area (Å²) in [5, 5.41) is 8.35. The molecular weight excluding hydrogens is 300 g/mol. The molecule has 1 heterocycles. The molecule has 0 atom stereocenters. The number of fused-ring (bicyclic) bond motifs is 1. The van der Waals surface area contributed by atoms with Crippen molar-refractivity contribution < 1.29 is 4.79 Å². The van der Waals surface area contributed by atoms with Crippen LogP contribution in [0.2, 0.25) is 0 Å². The standard InChI is InChI=1S/C19H22N4O/c1-14-8-9-15(12-22(2)3)10-17(14)21-19(24)13-23-18-7-5-4-6-16(18)11-20-23/h4-11H,12-13H2,1-3H3,(H,21,24). The minimum absolute atomic E-state index is 0.0750. The molecular formula is C19H22N4O. The van der Waals surface area contributed by atoms with Crippen molar-refractivity contribution in [3.63, 3.8) is 0 Å². The lowest BCUT2D eigenvalue weighted by molar-refractivity contribution is -0.116. The molecule has 0 saturated carbocycles. The highest BCUT2D eigenvalue weighted by Gasteiger charge is 2.10. The number of nitrogens with zero attached hydrogens (tertiary/aromatic N) is 3. The topological polar surface area (TPSA) is 50.2 Å². The SMILES string of the molecule is Cc1ccc(CN(C)C)cc1NC(=O)Cn1ncc2ccccc21. The second-order valence-corrected chi connectivity index (χ2v) is 6.30. The van der Waals surface area contributed by atoms with Gasteiger partial charge in [0.2, 0.25) is 5.91 Å². The summed E-state index contributed by atoms with van der Waals surface area (Å²) in [4.78, 5) is 14.5. The van der Waals surface area contributed by atoms with Crippen LogP contribution in [0.25, 0.3) is 10.9 Å². The zero-order chi connectivity index (χ0) is 17.1. The van der Waals surface area contributed by atoms with Crippen LogP contribution in [-0.4, -0.2) is 34.7 Å². The summed E-state index contributed by atoms with van der Waals surface area (Å²) in [7, 11) is 4.06. The van der Waals surface area contributed by atoms with Gasteiger partial charge in [-0.1, -0.05) is 30.3 Å². The number of benzene rings is 2. The Labute approximate surface area is 141 Å². The Hall–Kier alpha value is -2.66. The highest BCUT2D eigenvalue weighted by molar-refractivity contribution is 5.92. The van der Waals surface area contributed by atoms with E-state index in [0.717, 1.165) is 28.7 Å².